The molecule has 34 nitrogen and oxygen atoms in total. The lowest BCUT2D eigenvalue weighted by Crippen LogP contribution is -2.70. The van der Waals surface area contributed by atoms with Crippen LogP contribution in [0.2, 0.25) is 0 Å². The fraction of sp³-hybridized carbons (Fsp3) is 0.955. The minimum absolute atomic E-state index is 0.119. The molecule has 0 aromatic heterocycles. The highest BCUT2D eigenvalue weighted by Crippen LogP contribution is 2.76. The smallest absolute Gasteiger partial charge is 0.315 e. The summed E-state index contributed by atoms with van der Waals surface area (Å²) in [6.07, 6.45) is -40.6. The Labute approximate surface area is 583 Å². The summed E-state index contributed by atoms with van der Waals surface area (Å²) >= 11 is 0. The molecule has 38 atom stereocenters. The predicted octanol–water partition coefficient (Wildman–Crippen LogP) is -6.39. The van der Waals surface area contributed by atoms with Crippen molar-refractivity contribution >= 4 is 5.97 Å². The minimum Gasteiger partial charge on any atom is -0.432 e. The minimum atomic E-state index is -2.24. The molecule has 0 amide bonds. The Bertz CT molecular complexity index is 2900. The molecular weight excluding hydrogens is 1350 g/mol. The van der Waals surface area contributed by atoms with Gasteiger partial charge in [-0.2, -0.15) is 0 Å². The van der Waals surface area contributed by atoms with E-state index in [4.69, 9.17) is 66.3 Å². The van der Waals surface area contributed by atoms with Crippen LogP contribution in [0.15, 0.2) is 11.6 Å². The van der Waals surface area contributed by atoms with Crippen molar-refractivity contribution in [3.8, 4) is 0 Å². The van der Waals surface area contributed by atoms with Crippen LogP contribution in [-0.4, -0.2) is 346 Å². The van der Waals surface area contributed by atoms with Crippen LogP contribution in [0, 0.1) is 50.2 Å². The number of aliphatic hydroxyl groups excluding tert-OH is 17. The summed E-state index contributed by atoms with van der Waals surface area (Å²) in [5.74, 6) is -1.50. The van der Waals surface area contributed by atoms with Crippen molar-refractivity contribution in [3.63, 3.8) is 0 Å². The third-order valence-corrected chi connectivity index (χ3v) is 26.1. The van der Waals surface area contributed by atoms with Crippen molar-refractivity contribution in [2.24, 2.45) is 50.2 Å². The topological polar surface area (TPSA) is 531 Å². The zero-order chi connectivity index (χ0) is 73.4. The van der Waals surface area contributed by atoms with Gasteiger partial charge in [0.2, 0.25) is 6.29 Å². The number of carbonyl (C=O) groups excluding carboxylic acids is 1. The molecule has 0 aromatic carbocycles. The molecule has 0 spiro atoms. The molecule has 12 aliphatic rings. The highest BCUT2D eigenvalue weighted by atomic mass is 16.8. The van der Waals surface area contributed by atoms with E-state index in [2.05, 4.69) is 40.7 Å². The van der Waals surface area contributed by atoms with Crippen LogP contribution in [-0.2, 0) is 71.1 Å². The molecule has 11 fully saturated rings. The number of allylic oxidation sites excluding steroid dienone is 2. The molecule has 19 N–H and O–H groups in total. The Hall–Kier alpha value is -2.07. The number of rotatable bonds is 18. The van der Waals surface area contributed by atoms with Gasteiger partial charge in [0, 0.05) is 5.41 Å². The van der Waals surface area contributed by atoms with Crippen LogP contribution in [0.5, 0.6) is 0 Å². The molecule has 7 aliphatic heterocycles. The van der Waals surface area contributed by atoms with Crippen molar-refractivity contribution in [3.05, 3.63) is 11.6 Å². The standard InChI is InChI=1S/C67H108O34/c1-27-44(95-53-41(80)45(33(75)21-89-53)96-57-49(83)66(86,23-70)25-91-57)47(98-58-50(84)67(87,24-71)26-92-58)43(82)54(93-27)99-48-38(77)32(74)20-90-56(48)101-59(85)65-14-12-60(2,3)16-29(65)28-8-9-36-61(4)17-30(72)51(62(5,22-69)35(61)10-11-64(36,7)63(28,6)13-15-65)100-55-42(81)46(39(78)34(18-68)94-55)97-52-40(79)37(76)31(73)19-88-52/h8,27,29-58,68-84,86-87H,9-26H2,1-7H3. The number of carbonyl (C=O) groups is 1. The Balaban J connectivity index is 0.771. The second-order valence-electron chi connectivity index (χ2n) is 32.7. The number of fused-ring (bicyclic) bond motifs is 7. The first-order valence-corrected chi connectivity index (χ1v) is 35.4. The number of hydrogen-bond acceptors (Lipinski definition) is 34. The summed E-state index contributed by atoms with van der Waals surface area (Å²) in [6.45, 7) is 8.31. The molecule has 34 heteroatoms. The third-order valence-electron chi connectivity index (χ3n) is 26.1. The summed E-state index contributed by atoms with van der Waals surface area (Å²) in [7, 11) is 0. The number of esters is 1. The van der Waals surface area contributed by atoms with Gasteiger partial charge in [-0.05, 0) is 104 Å². The van der Waals surface area contributed by atoms with Crippen molar-refractivity contribution in [1.82, 2.24) is 0 Å². The van der Waals surface area contributed by atoms with Crippen LogP contribution < -0.4 is 0 Å². The maximum absolute atomic E-state index is 15.7. The summed E-state index contributed by atoms with van der Waals surface area (Å²) < 4.78 is 83.5. The van der Waals surface area contributed by atoms with E-state index < -0.39 is 282 Å². The third kappa shape index (κ3) is 13.3. The summed E-state index contributed by atoms with van der Waals surface area (Å²) in [6, 6.07) is 0. The fourth-order valence-corrected chi connectivity index (χ4v) is 19.7. The van der Waals surface area contributed by atoms with Gasteiger partial charge in [0.15, 0.2) is 43.8 Å². The van der Waals surface area contributed by atoms with Gasteiger partial charge >= 0.3 is 5.97 Å². The average Bonchev–Trinajstić information content (AvgIpc) is 0.962. The lowest BCUT2D eigenvalue weighted by molar-refractivity contribution is -0.383. The zero-order valence-corrected chi connectivity index (χ0v) is 57.8. The van der Waals surface area contributed by atoms with E-state index in [0.717, 1.165) is 5.57 Å². The van der Waals surface area contributed by atoms with E-state index >= 15 is 4.79 Å². The van der Waals surface area contributed by atoms with Gasteiger partial charge in [-0.3, -0.25) is 4.79 Å². The quantitative estimate of drug-likeness (QED) is 0.0345. The second kappa shape index (κ2) is 29.1. The van der Waals surface area contributed by atoms with Gasteiger partial charge in [0.1, 0.15) is 115 Å². The monoisotopic (exact) mass is 1460 g/mol. The molecule has 580 valence electrons. The van der Waals surface area contributed by atoms with Crippen molar-refractivity contribution < 1.29 is 168 Å². The molecule has 7 saturated heterocycles. The summed E-state index contributed by atoms with van der Waals surface area (Å²) in [4.78, 5) is 15.7. The molecule has 0 aromatic rings. The molecule has 0 radical (unpaired) electrons. The fourth-order valence-electron chi connectivity index (χ4n) is 19.7. The van der Waals surface area contributed by atoms with E-state index in [0.29, 0.717) is 51.4 Å². The molecule has 12 rings (SSSR count). The Kier molecular flexibility index (Phi) is 22.6. The van der Waals surface area contributed by atoms with Crippen LogP contribution >= 0.6 is 0 Å². The molecule has 38 unspecified atom stereocenters. The Morgan fingerprint density at radius 3 is 1.64 bits per heavy atom. The predicted molar refractivity (Wildman–Crippen MR) is 332 cm³/mol. The molecule has 4 saturated carbocycles. The van der Waals surface area contributed by atoms with Gasteiger partial charge in [-0.1, -0.05) is 53.2 Å². The molecule has 7 heterocycles. The lowest BCUT2D eigenvalue weighted by Gasteiger charge is -2.72. The van der Waals surface area contributed by atoms with Gasteiger partial charge in [-0.25, -0.2) is 0 Å². The van der Waals surface area contributed by atoms with Gasteiger partial charge in [0.05, 0.1) is 83.2 Å². The molecule has 101 heavy (non-hydrogen) atoms. The maximum atomic E-state index is 15.7. The average molecular weight is 1460 g/mol. The molecular formula is C67H108O34. The van der Waals surface area contributed by atoms with Gasteiger partial charge in [-0.15, -0.1) is 0 Å². The van der Waals surface area contributed by atoms with Gasteiger partial charge < -0.3 is 163 Å². The van der Waals surface area contributed by atoms with E-state index in [1.165, 1.54) is 6.92 Å². The van der Waals surface area contributed by atoms with Crippen molar-refractivity contribution in [2.45, 2.75) is 290 Å². The number of ether oxygens (including phenoxy) is 14. The maximum Gasteiger partial charge on any atom is 0.315 e. The Morgan fingerprint density at radius 1 is 0.495 bits per heavy atom. The van der Waals surface area contributed by atoms with E-state index in [9.17, 15) is 97.0 Å². The number of hydrogen-bond donors (Lipinski definition) is 19. The second-order valence-corrected chi connectivity index (χ2v) is 32.7. The van der Waals surface area contributed by atoms with Crippen molar-refractivity contribution in [2.75, 3.05) is 59.5 Å². The highest BCUT2D eigenvalue weighted by Gasteiger charge is 2.72. The summed E-state index contributed by atoms with van der Waals surface area (Å²) in [5, 5.41) is 210. The molecule has 0 bridgehead atoms. The van der Waals surface area contributed by atoms with Gasteiger partial charge in [0.25, 0.3) is 0 Å². The van der Waals surface area contributed by atoms with E-state index in [1.54, 1.807) is 0 Å². The van der Waals surface area contributed by atoms with E-state index in [-0.39, 0.29) is 23.7 Å². The highest BCUT2D eigenvalue weighted by molar-refractivity contribution is 5.79. The number of aliphatic hydroxyl groups is 19. The van der Waals surface area contributed by atoms with Crippen molar-refractivity contribution in [1.29, 1.82) is 0 Å². The largest absolute Gasteiger partial charge is 0.432 e. The first-order valence-electron chi connectivity index (χ1n) is 35.4. The lowest BCUT2D eigenvalue weighted by atomic mass is 9.33. The molecule has 5 aliphatic carbocycles. The van der Waals surface area contributed by atoms with Crippen LogP contribution in [0.25, 0.3) is 0 Å². The first kappa shape index (κ1) is 78.5. The zero-order valence-electron chi connectivity index (χ0n) is 57.8. The normalized spacial score (nSPS) is 55.1. The SMILES string of the molecule is CC1OC(OC2C(OC(=O)C34CCC(C)(C)CC3C3=CCC5C6(C)CC(O)C(OC7OC(CO)C(O)C(OC8OCC(O)C(O)C8O)C7O)C(C)(CO)C6CCC5(C)C3(C)CC4)OCC(O)C2O)C(O)C(OC2OCC(O)(CO)C2O)C1OC1OCC(O)C(OC2OCC(O)(CO)C2O)C1O. The Morgan fingerprint density at radius 2 is 1.03 bits per heavy atom. The van der Waals surface area contributed by atoms with E-state index in [1.807, 2.05) is 6.92 Å². The first-order chi connectivity index (χ1) is 47.4. The van der Waals surface area contributed by atoms with Crippen LogP contribution in [0.4, 0.5) is 0 Å². The van der Waals surface area contributed by atoms with Crippen LogP contribution in [0.3, 0.4) is 0 Å². The summed E-state index contributed by atoms with van der Waals surface area (Å²) in [5.41, 5.74) is -7.66. The van der Waals surface area contributed by atoms with Crippen LogP contribution in [0.1, 0.15) is 106 Å².